The average molecular weight is 258 g/mol. The van der Waals surface area contributed by atoms with Gasteiger partial charge in [0.15, 0.2) is 0 Å². The van der Waals surface area contributed by atoms with Crippen LogP contribution in [0.25, 0.3) is 0 Å². The zero-order valence-electron chi connectivity index (χ0n) is 10.2. The summed E-state index contributed by atoms with van der Waals surface area (Å²) in [5.41, 5.74) is 0.921. The molecule has 1 rings (SSSR count). The first-order chi connectivity index (χ1) is 8.27. The molecule has 0 aliphatic carbocycles. The molecule has 0 amide bonds. The number of nitrogens with one attached hydrogen (secondary N) is 1. The molecule has 0 spiro atoms. The Kier molecular flexibility index (Phi) is 7.01. The standard InChI is InChI=1S/C13H20ClNO2/c1-15-9-7-13(16)11-3-5-12(6-4-11)17-10-2-8-14/h3-6,13,15-16H,2,7-10H2,1H3. The van der Waals surface area contributed by atoms with Crippen LogP contribution in [0.2, 0.25) is 0 Å². The molecule has 1 aromatic rings. The van der Waals surface area contributed by atoms with E-state index in [0.717, 1.165) is 24.3 Å². The first-order valence-electron chi connectivity index (χ1n) is 5.89. The van der Waals surface area contributed by atoms with Gasteiger partial charge in [0.1, 0.15) is 5.75 Å². The van der Waals surface area contributed by atoms with Gasteiger partial charge >= 0.3 is 0 Å². The van der Waals surface area contributed by atoms with Gasteiger partial charge in [-0.25, -0.2) is 0 Å². The van der Waals surface area contributed by atoms with E-state index < -0.39 is 6.10 Å². The molecule has 0 saturated carbocycles. The van der Waals surface area contributed by atoms with Crippen LogP contribution >= 0.6 is 11.6 Å². The molecule has 0 fully saturated rings. The van der Waals surface area contributed by atoms with E-state index in [1.807, 2.05) is 31.3 Å². The van der Waals surface area contributed by atoms with Crippen molar-refractivity contribution in [1.29, 1.82) is 0 Å². The number of aliphatic hydroxyl groups is 1. The Bertz CT molecular complexity index is 303. The van der Waals surface area contributed by atoms with Gasteiger partial charge in [0.25, 0.3) is 0 Å². The number of hydrogen-bond acceptors (Lipinski definition) is 3. The van der Waals surface area contributed by atoms with E-state index in [0.29, 0.717) is 18.9 Å². The summed E-state index contributed by atoms with van der Waals surface area (Å²) in [6, 6.07) is 7.56. The minimum atomic E-state index is -0.417. The van der Waals surface area contributed by atoms with Gasteiger partial charge in [-0.2, -0.15) is 0 Å². The van der Waals surface area contributed by atoms with Gasteiger partial charge in [0, 0.05) is 5.88 Å². The molecule has 0 radical (unpaired) electrons. The van der Waals surface area contributed by atoms with Crippen molar-refractivity contribution >= 4 is 11.6 Å². The first kappa shape index (κ1) is 14.3. The molecule has 1 aromatic carbocycles. The molecule has 3 nitrogen and oxygen atoms in total. The molecule has 96 valence electrons. The Morgan fingerprint density at radius 2 is 2.06 bits per heavy atom. The molecular formula is C13H20ClNO2. The number of aliphatic hydroxyl groups excluding tert-OH is 1. The fourth-order valence-corrected chi connectivity index (χ4v) is 1.59. The lowest BCUT2D eigenvalue weighted by atomic mass is 10.1. The third-order valence-corrected chi connectivity index (χ3v) is 2.75. The quantitative estimate of drug-likeness (QED) is 0.555. The third kappa shape index (κ3) is 5.39. The number of hydrogen-bond donors (Lipinski definition) is 2. The Balaban J connectivity index is 2.43. The predicted molar refractivity (Wildman–Crippen MR) is 70.8 cm³/mol. The normalized spacial score (nSPS) is 12.4. The van der Waals surface area contributed by atoms with Crippen molar-refractivity contribution in [2.45, 2.75) is 18.9 Å². The lowest BCUT2D eigenvalue weighted by Crippen LogP contribution is -2.11. The van der Waals surface area contributed by atoms with Crippen molar-refractivity contribution in [2.75, 3.05) is 26.1 Å². The first-order valence-corrected chi connectivity index (χ1v) is 6.42. The summed E-state index contributed by atoms with van der Waals surface area (Å²) in [4.78, 5) is 0. The van der Waals surface area contributed by atoms with Crippen molar-refractivity contribution < 1.29 is 9.84 Å². The second-order valence-electron chi connectivity index (χ2n) is 3.87. The van der Waals surface area contributed by atoms with Crippen LogP contribution in [0.3, 0.4) is 0 Å². The van der Waals surface area contributed by atoms with E-state index >= 15 is 0 Å². The molecule has 4 heteroatoms. The topological polar surface area (TPSA) is 41.5 Å². The molecular weight excluding hydrogens is 238 g/mol. The van der Waals surface area contributed by atoms with Gasteiger partial charge in [0.2, 0.25) is 0 Å². The molecule has 1 atom stereocenters. The Morgan fingerprint density at radius 3 is 2.65 bits per heavy atom. The smallest absolute Gasteiger partial charge is 0.119 e. The average Bonchev–Trinajstić information content (AvgIpc) is 2.37. The van der Waals surface area contributed by atoms with Crippen LogP contribution in [0, 0.1) is 0 Å². The highest BCUT2D eigenvalue weighted by Gasteiger charge is 2.06. The Hall–Kier alpha value is -0.770. The lowest BCUT2D eigenvalue weighted by molar-refractivity contribution is 0.167. The number of rotatable bonds is 8. The van der Waals surface area contributed by atoms with E-state index in [2.05, 4.69) is 5.32 Å². The summed E-state index contributed by atoms with van der Waals surface area (Å²) in [5, 5.41) is 12.9. The Labute approximate surface area is 108 Å². The SMILES string of the molecule is CNCCC(O)c1ccc(OCCCCl)cc1. The highest BCUT2D eigenvalue weighted by molar-refractivity contribution is 6.17. The molecule has 17 heavy (non-hydrogen) atoms. The van der Waals surface area contributed by atoms with Crippen LogP contribution in [0.1, 0.15) is 24.5 Å². The predicted octanol–water partition coefficient (Wildman–Crippen LogP) is 2.34. The number of alkyl halides is 1. The minimum Gasteiger partial charge on any atom is -0.494 e. The summed E-state index contributed by atoms with van der Waals surface area (Å²) in [6.07, 6.45) is 1.14. The van der Waals surface area contributed by atoms with E-state index in [9.17, 15) is 5.11 Å². The zero-order valence-corrected chi connectivity index (χ0v) is 10.9. The summed E-state index contributed by atoms with van der Waals surface area (Å²) in [6.45, 7) is 1.43. The van der Waals surface area contributed by atoms with Gasteiger partial charge in [0.05, 0.1) is 12.7 Å². The lowest BCUT2D eigenvalue weighted by Gasteiger charge is -2.11. The zero-order chi connectivity index (χ0) is 12.5. The molecule has 2 N–H and O–H groups in total. The second-order valence-corrected chi connectivity index (χ2v) is 4.25. The number of benzene rings is 1. The van der Waals surface area contributed by atoms with E-state index in [4.69, 9.17) is 16.3 Å². The van der Waals surface area contributed by atoms with Crippen LogP contribution in [-0.4, -0.2) is 31.2 Å². The van der Waals surface area contributed by atoms with Crippen LogP contribution < -0.4 is 10.1 Å². The fraction of sp³-hybridized carbons (Fsp3) is 0.538. The molecule has 1 unspecified atom stereocenters. The molecule has 0 aliphatic heterocycles. The van der Waals surface area contributed by atoms with Crippen molar-refractivity contribution in [3.05, 3.63) is 29.8 Å². The fourth-order valence-electron chi connectivity index (χ4n) is 1.48. The van der Waals surface area contributed by atoms with Crippen LogP contribution in [0.15, 0.2) is 24.3 Å². The number of halogens is 1. The Morgan fingerprint density at radius 1 is 1.35 bits per heavy atom. The molecule has 0 saturated heterocycles. The molecule has 0 aromatic heterocycles. The highest BCUT2D eigenvalue weighted by atomic mass is 35.5. The van der Waals surface area contributed by atoms with Crippen molar-refractivity contribution in [3.8, 4) is 5.75 Å². The van der Waals surface area contributed by atoms with Crippen LogP contribution in [0.4, 0.5) is 0 Å². The van der Waals surface area contributed by atoms with Crippen molar-refractivity contribution in [3.63, 3.8) is 0 Å². The van der Waals surface area contributed by atoms with Gasteiger partial charge < -0.3 is 15.2 Å². The van der Waals surface area contributed by atoms with E-state index in [1.165, 1.54) is 0 Å². The summed E-state index contributed by atoms with van der Waals surface area (Å²) in [5.74, 6) is 1.43. The summed E-state index contributed by atoms with van der Waals surface area (Å²) < 4.78 is 5.48. The monoisotopic (exact) mass is 257 g/mol. The van der Waals surface area contributed by atoms with Gasteiger partial charge in [-0.15, -0.1) is 11.6 Å². The van der Waals surface area contributed by atoms with Crippen molar-refractivity contribution in [1.82, 2.24) is 5.32 Å². The van der Waals surface area contributed by atoms with Crippen molar-refractivity contribution in [2.24, 2.45) is 0 Å². The van der Waals surface area contributed by atoms with Crippen LogP contribution in [-0.2, 0) is 0 Å². The van der Waals surface area contributed by atoms with Gasteiger partial charge in [-0.1, -0.05) is 12.1 Å². The van der Waals surface area contributed by atoms with E-state index in [-0.39, 0.29) is 0 Å². The summed E-state index contributed by atoms with van der Waals surface area (Å²) >= 11 is 5.56. The summed E-state index contributed by atoms with van der Waals surface area (Å²) in [7, 11) is 1.88. The molecule has 0 aliphatic rings. The van der Waals surface area contributed by atoms with Gasteiger partial charge in [-0.05, 0) is 44.1 Å². The van der Waals surface area contributed by atoms with Gasteiger partial charge in [-0.3, -0.25) is 0 Å². The third-order valence-electron chi connectivity index (χ3n) is 2.48. The number of ether oxygens (including phenoxy) is 1. The largest absolute Gasteiger partial charge is 0.494 e. The second kappa shape index (κ2) is 8.34. The maximum atomic E-state index is 9.86. The maximum Gasteiger partial charge on any atom is 0.119 e. The maximum absolute atomic E-state index is 9.86. The minimum absolute atomic E-state index is 0.417. The highest BCUT2D eigenvalue weighted by Crippen LogP contribution is 2.19. The molecule has 0 heterocycles. The molecule has 0 bridgehead atoms. The van der Waals surface area contributed by atoms with E-state index in [1.54, 1.807) is 0 Å². The van der Waals surface area contributed by atoms with Crippen LogP contribution in [0.5, 0.6) is 5.75 Å².